The Morgan fingerprint density at radius 1 is 1.21 bits per heavy atom. The molecule has 4 heteroatoms. The monoisotopic (exact) mass is 284 g/mol. The lowest BCUT2D eigenvalue weighted by molar-refractivity contribution is -0.121. The van der Waals surface area contributed by atoms with E-state index in [2.05, 4.69) is 42.7 Å². The van der Waals surface area contributed by atoms with Crippen molar-refractivity contribution in [2.75, 3.05) is 19.6 Å². The van der Waals surface area contributed by atoms with Gasteiger partial charge in [0.2, 0.25) is 5.91 Å². The highest BCUT2D eigenvalue weighted by Gasteiger charge is 2.01. The van der Waals surface area contributed by atoms with E-state index >= 15 is 0 Å². The number of amides is 1. The third-order valence-electron chi connectivity index (χ3n) is 2.77. The first kappa shape index (κ1) is 17.9. The minimum Gasteiger partial charge on any atom is -0.355 e. The zero-order valence-electron chi connectivity index (χ0n) is 11.9. The van der Waals surface area contributed by atoms with Crippen molar-refractivity contribution < 1.29 is 4.79 Å². The summed E-state index contributed by atoms with van der Waals surface area (Å²) in [7, 11) is 0. The van der Waals surface area contributed by atoms with Gasteiger partial charge in [0.05, 0.1) is 0 Å². The highest BCUT2D eigenvalue weighted by Crippen LogP contribution is 2.06. The third-order valence-corrected chi connectivity index (χ3v) is 2.77. The number of carbonyl (C=O) groups excluding carboxylic acids is 1. The first-order valence-electron chi connectivity index (χ1n) is 6.75. The lowest BCUT2D eigenvalue weighted by Crippen LogP contribution is -2.32. The molecule has 1 amide bonds. The highest BCUT2D eigenvalue weighted by molar-refractivity contribution is 5.85. The molecule has 0 spiro atoms. The van der Waals surface area contributed by atoms with Gasteiger partial charge in [0, 0.05) is 19.5 Å². The van der Waals surface area contributed by atoms with Crippen molar-refractivity contribution in [3.63, 3.8) is 0 Å². The van der Waals surface area contributed by atoms with Crippen LogP contribution in [0.15, 0.2) is 24.3 Å². The Morgan fingerprint density at radius 3 is 2.68 bits per heavy atom. The van der Waals surface area contributed by atoms with E-state index in [-0.39, 0.29) is 18.3 Å². The van der Waals surface area contributed by atoms with Crippen molar-refractivity contribution >= 4 is 18.3 Å². The number of aryl methyl sites for hydroxylation is 2. The zero-order chi connectivity index (χ0) is 13.2. The predicted octanol–water partition coefficient (Wildman–Crippen LogP) is 2.47. The molecule has 0 aromatic heterocycles. The summed E-state index contributed by atoms with van der Waals surface area (Å²) in [6.45, 7) is 6.78. The van der Waals surface area contributed by atoms with E-state index in [1.54, 1.807) is 0 Å². The maximum Gasteiger partial charge on any atom is 0.220 e. The molecule has 0 aliphatic rings. The van der Waals surface area contributed by atoms with E-state index in [0.717, 1.165) is 25.9 Å². The van der Waals surface area contributed by atoms with Crippen LogP contribution in [0.5, 0.6) is 0 Å². The fourth-order valence-corrected chi connectivity index (χ4v) is 1.81. The molecule has 0 aliphatic carbocycles. The molecule has 0 saturated carbocycles. The number of benzene rings is 1. The van der Waals surface area contributed by atoms with Crippen molar-refractivity contribution in [2.45, 2.75) is 33.1 Å². The summed E-state index contributed by atoms with van der Waals surface area (Å²) in [6.07, 6.45) is 2.51. The van der Waals surface area contributed by atoms with Gasteiger partial charge in [-0.3, -0.25) is 4.79 Å². The molecule has 1 aromatic carbocycles. The summed E-state index contributed by atoms with van der Waals surface area (Å²) in [4.78, 5) is 11.6. The molecule has 0 unspecified atom stereocenters. The Morgan fingerprint density at radius 2 is 2.00 bits per heavy atom. The summed E-state index contributed by atoms with van der Waals surface area (Å²) in [6, 6.07) is 8.32. The maximum absolute atomic E-state index is 11.6. The highest BCUT2D eigenvalue weighted by atomic mass is 35.5. The van der Waals surface area contributed by atoms with Crippen LogP contribution in [-0.2, 0) is 11.2 Å². The van der Waals surface area contributed by atoms with Gasteiger partial charge in [0.25, 0.3) is 0 Å². The van der Waals surface area contributed by atoms with Crippen molar-refractivity contribution in [1.29, 1.82) is 0 Å². The van der Waals surface area contributed by atoms with E-state index in [1.165, 1.54) is 11.1 Å². The molecule has 19 heavy (non-hydrogen) atoms. The third kappa shape index (κ3) is 8.62. The molecular formula is C15H25ClN2O. The smallest absolute Gasteiger partial charge is 0.220 e. The van der Waals surface area contributed by atoms with E-state index in [1.807, 2.05) is 6.07 Å². The molecule has 1 aromatic rings. The number of nitrogens with one attached hydrogen (secondary N) is 2. The van der Waals surface area contributed by atoms with E-state index in [4.69, 9.17) is 0 Å². The number of hydrogen-bond acceptors (Lipinski definition) is 2. The second kappa shape index (κ2) is 10.8. The second-order valence-corrected chi connectivity index (χ2v) is 4.59. The number of hydrogen-bond donors (Lipinski definition) is 2. The molecule has 0 saturated heterocycles. The van der Waals surface area contributed by atoms with Crippen molar-refractivity contribution in [3.05, 3.63) is 35.4 Å². The maximum atomic E-state index is 11.6. The molecule has 3 nitrogen and oxygen atoms in total. The Labute approximate surface area is 122 Å². The number of rotatable bonds is 8. The molecule has 0 fully saturated rings. The molecule has 0 radical (unpaired) electrons. The van der Waals surface area contributed by atoms with Gasteiger partial charge in [-0.15, -0.1) is 12.4 Å². The Hall–Kier alpha value is -1.06. The van der Waals surface area contributed by atoms with E-state index < -0.39 is 0 Å². The summed E-state index contributed by atoms with van der Waals surface area (Å²) in [5.74, 6) is 0.134. The predicted molar refractivity (Wildman–Crippen MR) is 82.9 cm³/mol. The Kier molecular flexibility index (Phi) is 10.2. The van der Waals surface area contributed by atoms with Gasteiger partial charge in [-0.05, 0) is 31.9 Å². The Bertz CT molecular complexity index is 369. The van der Waals surface area contributed by atoms with Gasteiger partial charge < -0.3 is 10.6 Å². The van der Waals surface area contributed by atoms with E-state index in [9.17, 15) is 4.79 Å². The lowest BCUT2D eigenvalue weighted by Gasteiger charge is -2.06. The van der Waals surface area contributed by atoms with E-state index in [0.29, 0.717) is 13.0 Å². The standard InChI is InChI=1S/C15H24N2O.ClH/c1-3-9-16-10-11-17-15(18)8-7-14-6-4-5-13(2)12-14;/h4-6,12,16H,3,7-11H2,1-2H3,(H,17,18);1H. The van der Waals surface area contributed by atoms with Gasteiger partial charge in [-0.25, -0.2) is 0 Å². The summed E-state index contributed by atoms with van der Waals surface area (Å²) < 4.78 is 0. The van der Waals surface area contributed by atoms with Gasteiger partial charge in [-0.2, -0.15) is 0 Å². The van der Waals surface area contributed by atoms with Crippen molar-refractivity contribution in [2.24, 2.45) is 0 Å². The summed E-state index contributed by atoms with van der Waals surface area (Å²) in [5, 5.41) is 6.18. The van der Waals surface area contributed by atoms with Crippen LogP contribution < -0.4 is 10.6 Å². The lowest BCUT2D eigenvalue weighted by atomic mass is 10.1. The van der Waals surface area contributed by atoms with Crippen molar-refractivity contribution in [1.82, 2.24) is 10.6 Å². The van der Waals surface area contributed by atoms with Crippen LogP contribution in [0.4, 0.5) is 0 Å². The van der Waals surface area contributed by atoms with Crippen LogP contribution in [0, 0.1) is 6.92 Å². The van der Waals surface area contributed by atoms with Gasteiger partial charge in [0.1, 0.15) is 0 Å². The summed E-state index contributed by atoms with van der Waals surface area (Å²) in [5.41, 5.74) is 2.48. The fraction of sp³-hybridized carbons (Fsp3) is 0.533. The normalized spacial score (nSPS) is 9.79. The molecule has 2 N–H and O–H groups in total. The Balaban J connectivity index is 0.00000324. The van der Waals surface area contributed by atoms with Gasteiger partial charge in [0.15, 0.2) is 0 Å². The molecule has 1 rings (SSSR count). The van der Waals surface area contributed by atoms with Gasteiger partial charge in [-0.1, -0.05) is 36.8 Å². The first-order valence-corrected chi connectivity index (χ1v) is 6.75. The minimum absolute atomic E-state index is 0. The quantitative estimate of drug-likeness (QED) is 0.720. The molecule has 0 aliphatic heterocycles. The molecule has 0 atom stereocenters. The van der Waals surface area contributed by atoms with Crippen LogP contribution in [0.25, 0.3) is 0 Å². The average Bonchev–Trinajstić information content (AvgIpc) is 2.36. The van der Waals surface area contributed by atoms with Crippen LogP contribution in [0.1, 0.15) is 30.9 Å². The van der Waals surface area contributed by atoms with Crippen molar-refractivity contribution in [3.8, 4) is 0 Å². The second-order valence-electron chi connectivity index (χ2n) is 4.59. The first-order chi connectivity index (χ1) is 8.72. The number of halogens is 1. The van der Waals surface area contributed by atoms with Gasteiger partial charge >= 0.3 is 0 Å². The summed E-state index contributed by atoms with van der Waals surface area (Å²) >= 11 is 0. The zero-order valence-corrected chi connectivity index (χ0v) is 12.7. The van der Waals surface area contributed by atoms with Crippen LogP contribution in [0.2, 0.25) is 0 Å². The largest absolute Gasteiger partial charge is 0.355 e. The molecule has 0 bridgehead atoms. The molecular weight excluding hydrogens is 260 g/mol. The fourth-order valence-electron chi connectivity index (χ4n) is 1.81. The average molecular weight is 285 g/mol. The minimum atomic E-state index is 0. The SMILES string of the molecule is CCCNCCNC(=O)CCc1cccc(C)c1.Cl. The van der Waals surface area contributed by atoms with Crippen LogP contribution >= 0.6 is 12.4 Å². The topological polar surface area (TPSA) is 41.1 Å². The van der Waals surface area contributed by atoms with Crippen LogP contribution in [-0.4, -0.2) is 25.5 Å². The number of carbonyl (C=O) groups is 1. The molecule has 0 heterocycles. The van der Waals surface area contributed by atoms with Crippen LogP contribution in [0.3, 0.4) is 0 Å². The molecule has 108 valence electrons.